The molecule has 0 spiro atoms. The lowest BCUT2D eigenvalue weighted by atomic mass is 10.00. The van der Waals surface area contributed by atoms with E-state index in [0.717, 1.165) is 33.2 Å². The molecule has 2 aromatic heterocycles. The third-order valence-electron chi connectivity index (χ3n) is 4.72. The second-order valence-electron chi connectivity index (χ2n) is 6.84. The van der Waals surface area contributed by atoms with Gasteiger partial charge in [0.15, 0.2) is 0 Å². The minimum absolute atomic E-state index is 0.137. The summed E-state index contributed by atoms with van der Waals surface area (Å²) in [6.45, 7) is 0.0109. The zero-order valence-corrected chi connectivity index (χ0v) is 17.7. The van der Waals surface area contributed by atoms with E-state index in [1.165, 1.54) is 0 Å². The predicted octanol–water partition coefficient (Wildman–Crippen LogP) is 4.54. The molecule has 3 heterocycles. The van der Waals surface area contributed by atoms with Gasteiger partial charge in [0.05, 0.1) is 28.8 Å². The Kier molecular flexibility index (Phi) is 6.64. The van der Waals surface area contributed by atoms with Gasteiger partial charge in [0.2, 0.25) is 0 Å². The van der Waals surface area contributed by atoms with Gasteiger partial charge in [-0.05, 0) is 35.7 Å². The molecule has 0 unspecified atom stereocenters. The van der Waals surface area contributed by atoms with Crippen LogP contribution in [-0.2, 0) is 20.7 Å². The fourth-order valence-electron chi connectivity index (χ4n) is 3.23. The molecule has 0 bridgehead atoms. The molecule has 156 valence electrons. The highest BCUT2D eigenvalue weighted by atomic mass is 35.5. The summed E-state index contributed by atoms with van der Waals surface area (Å²) in [4.78, 5) is 16.8. The Morgan fingerprint density at radius 2 is 2.27 bits per heavy atom. The monoisotopic (exact) mass is 444 g/mol. The van der Waals surface area contributed by atoms with Crippen LogP contribution in [0.25, 0.3) is 10.6 Å². The van der Waals surface area contributed by atoms with Crippen LogP contribution in [0.4, 0.5) is 0 Å². The number of ether oxygens (including phenoxy) is 2. The summed E-state index contributed by atoms with van der Waals surface area (Å²) in [5, 5.41) is 1.64. The molecule has 30 heavy (non-hydrogen) atoms. The van der Waals surface area contributed by atoms with Gasteiger partial charge in [0, 0.05) is 17.6 Å². The largest absolute Gasteiger partial charge is 0.463 e. The SMILES string of the molecule is NCC(=O)OC[C@H]1C=CC[C@@H](c2ccc(Cl)c(Cc3ncc(-c4ccco4)s3)c2)O1. The molecule has 2 atom stereocenters. The first-order chi connectivity index (χ1) is 14.6. The van der Waals surface area contributed by atoms with Crippen LogP contribution in [0, 0.1) is 0 Å². The lowest BCUT2D eigenvalue weighted by Crippen LogP contribution is -2.27. The van der Waals surface area contributed by atoms with Crippen LogP contribution in [0.1, 0.15) is 28.7 Å². The maximum atomic E-state index is 11.3. The Labute approximate surface area is 183 Å². The quantitative estimate of drug-likeness (QED) is 0.425. The first-order valence-electron chi connectivity index (χ1n) is 9.57. The molecule has 3 aromatic rings. The van der Waals surface area contributed by atoms with Gasteiger partial charge >= 0.3 is 5.97 Å². The highest BCUT2D eigenvalue weighted by molar-refractivity contribution is 7.15. The maximum absolute atomic E-state index is 11.3. The first-order valence-corrected chi connectivity index (χ1v) is 10.8. The summed E-state index contributed by atoms with van der Waals surface area (Å²) in [7, 11) is 0. The molecule has 1 aromatic carbocycles. The van der Waals surface area contributed by atoms with Crippen molar-refractivity contribution in [1.82, 2.24) is 4.98 Å². The lowest BCUT2D eigenvalue weighted by Gasteiger charge is -2.26. The van der Waals surface area contributed by atoms with Crippen LogP contribution in [0.3, 0.4) is 0 Å². The van der Waals surface area contributed by atoms with Crippen molar-refractivity contribution >= 4 is 28.9 Å². The Morgan fingerprint density at radius 3 is 3.07 bits per heavy atom. The molecule has 6 nitrogen and oxygen atoms in total. The average molecular weight is 445 g/mol. The van der Waals surface area contributed by atoms with Crippen molar-refractivity contribution in [3.8, 4) is 10.6 Å². The Hall–Kier alpha value is -2.45. The number of esters is 1. The number of furan rings is 1. The molecule has 0 fully saturated rings. The van der Waals surface area contributed by atoms with Crippen LogP contribution in [0.2, 0.25) is 5.02 Å². The number of aromatic nitrogens is 1. The van der Waals surface area contributed by atoms with E-state index in [9.17, 15) is 4.79 Å². The van der Waals surface area contributed by atoms with Gasteiger partial charge in [0.25, 0.3) is 0 Å². The number of thiazole rings is 1. The summed E-state index contributed by atoms with van der Waals surface area (Å²) in [6.07, 6.45) is 8.34. The third kappa shape index (κ3) is 4.99. The van der Waals surface area contributed by atoms with Crippen LogP contribution >= 0.6 is 22.9 Å². The van der Waals surface area contributed by atoms with Crippen molar-refractivity contribution in [2.45, 2.75) is 25.0 Å². The van der Waals surface area contributed by atoms with Crippen molar-refractivity contribution in [3.05, 3.63) is 76.1 Å². The number of carbonyl (C=O) groups excluding carboxylic acids is 1. The van der Waals surface area contributed by atoms with Gasteiger partial charge in [-0.3, -0.25) is 4.79 Å². The molecular weight excluding hydrogens is 424 g/mol. The van der Waals surface area contributed by atoms with E-state index in [1.54, 1.807) is 17.6 Å². The van der Waals surface area contributed by atoms with Crippen molar-refractivity contribution in [3.63, 3.8) is 0 Å². The molecular formula is C22H21ClN2O4S. The third-order valence-corrected chi connectivity index (χ3v) is 6.10. The van der Waals surface area contributed by atoms with E-state index in [0.29, 0.717) is 11.4 Å². The number of hydrogen-bond donors (Lipinski definition) is 1. The molecule has 1 aliphatic heterocycles. The van der Waals surface area contributed by atoms with E-state index in [4.69, 9.17) is 31.2 Å². The Bertz CT molecular complexity index is 1030. The van der Waals surface area contributed by atoms with Gasteiger partial charge in [-0.1, -0.05) is 35.9 Å². The molecule has 4 rings (SSSR count). The number of hydrogen-bond acceptors (Lipinski definition) is 7. The van der Waals surface area contributed by atoms with E-state index in [1.807, 2.05) is 42.6 Å². The summed E-state index contributed by atoms with van der Waals surface area (Å²) in [6, 6.07) is 9.69. The zero-order valence-electron chi connectivity index (χ0n) is 16.1. The standard InChI is InChI=1S/C22H21ClN2O4S/c23-17-7-6-14(18-4-1-3-16(29-18)13-28-22(26)11-24)9-15(17)10-21-25-12-20(30-21)19-5-2-8-27-19/h1-3,5-9,12,16,18H,4,10-11,13,24H2/t16-,18+/m1/s1. The number of benzene rings is 1. The van der Waals surface area contributed by atoms with E-state index >= 15 is 0 Å². The van der Waals surface area contributed by atoms with Crippen LogP contribution < -0.4 is 5.73 Å². The molecule has 0 saturated heterocycles. The van der Waals surface area contributed by atoms with Crippen LogP contribution in [0.15, 0.2) is 59.4 Å². The van der Waals surface area contributed by atoms with E-state index in [2.05, 4.69) is 11.1 Å². The van der Waals surface area contributed by atoms with Crippen molar-refractivity contribution in [1.29, 1.82) is 0 Å². The van der Waals surface area contributed by atoms with Crippen molar-refractivity contribution in [2.75, 3.05) is 13.2 Å². The average Bonchev–Trinajstić information content (AvgIpc) is 3.46. The minimum Gasteiger partial charge on any atom is -0.463 e. The Morgan fingerprint density at radius 1 is 1.37 bits per heavy atom. The van der Waals surface area contributed by atoms with Gasteiger partial charge in [0.1, 0.15) is 18.5 Å². The number of nitrogens with zero attached hydrogens (tertiary/aromatic N) is 1. The van der Waals surface area contributed by atoms with E-state index in [-0.39, 0.29) is 25.4 Å². The number of nitrogens with two attached hydrogens (primary N) is 1. The molecule has 2 N–H and O–H groups in total. The molecule has 0 saturated carbocycles. The Balaban J connectivity index is 1.45. The smallest absolute Gasteiger partial charge is 0.319 e. The zero-order chi connectivity index (χ0) is 20.9. The number of rotatable bonds is 7. The molecule has 0 amide bonds. The van der Waals surface area contributed by atoms with Gasteiger partial charge in [-0.2, -0.15) is 0 Å². The van der Waals surface area contributed by atoms with Crippen LogP contribution in [0.5, 0.6) is 0 Å². The maximum Gasteiger partial charge on any atom is 0.319 e. The summed E-state index contributed by atoms with van der Waals surface area (Å²) < 4.78 is 16.6. The van der Waals surface area contributed by atoms with Gasteiger partial charge in [-0.15, -0.1) is 11.3 Å². The van der Waals surface area contributed by atoms with Crippen molar-refractivity contribution in [2.24, 2.45) is 5.73 Å². The number of carbonyl (C=O) groups is 1. The number of halogens is 1. The minimum atomic E-state index is -0.444. The molecule has 0 radical (unpaired) electrons. The first kappa shape index (κ1) is 20.8. The highest BCUT2D eigenvalue weighted by Crippen LogP contribution is 2.33. The normalized spacial score (nSPS) is 18.5. The molecule has 0 aliphatic carbocycles. The molecule has 1 aliphatic rings. The second-order valence-corrected chi connectivity index (χ2v) is 8.36. The van der Waals surface area contributed by atoms with E-state index < -0.39 is 5.97 Å². The van der Waals surface area contributed by atoms with Gasteiger partial charge < -0.3 is 19.6 Å². The fraction of sp³-hybridized carbons (Fsp3) is 0.273. The summed E-state index contributed by atoms with van der Waals surface area (Å²) >= 11 is 8.04. The predicted molar refractivity (Wildman–Crippen MR) is 115 cm³/mol. The molecule has 8 heteroatoms. The van der Waals surface area contributed by atoms with Gasteiger partial charge in [-0.25, -0.2) is 4.98 Å². The topological polar surface area (TPSA) is 87.6 Å². The van der Waals surface area contributed by atoms with Crippen molar-refractivity contribution < 1.29 is 18.7 Å². The summed E-state index contributed by atoms with van der Waals surface area (Å²) in [5.41, 5.74) is 7.28. The second kappa shape index (κ2) is 9.57. The van der Waals surface area contributed by atoms with Crippen LogP contribution in [-0.4, -0.2) is 30.2 Å². The summed E-state index contributed by atoms with van der Waals surface area (Å²) in [5.74, 6) is 0.364. The fourth-order valence-corrected chi connectivity index (χ4v) is 4.32. The lowest BCUT2D eigenvalue weighted by molar-refractivity contribution is -0.146. The highest BCUT2D eigenvalue weighted by Gasteiger charge is 2.22.